The summed E-state index contributed by atoms with van der Waals surface area (Å²) in [6.07, 6.45) is 3.66. The molecule has 1 amide bonds. The molecule has 0 saturated carbocycles. The number of rotatable bonds is 4. The van der Waals surface area contributed by atoms with Crippen LogP contribution in [0.5, 0.6) is 0 Å². The minimum absolute atomic E-state index is 0.209. The van der Waals surface area contributed by atoms with Gasteiger partial charge in [0.15, 0.2) is 0 Å². The third-order valence-electron chi connectivity index (χ3n) is 3.29. The highest BCUT2D eigenvalue weighted by Crippen LogP contribution is 2.22. The Kier molecular flexibility index (Phi) is 4.79. The largest absolute Gasteiger partial charge is 0.322 e. The standard InChI is InChI=1S/C17H13BrClN3O/c18-16-7-4-13(19)10-15(16)17(23)21-14-5-2-12(3-6-14)11-22-9-1-8-20-22/h1-10H,11H2,(H,21,23). The summed E-state index contributed by atoms with van der Waals surface area (Å²) in [5.74, 6) is -0.209. The number of amides is 1. The molecule has 0 unspecified atom stereocenters. The van der Waals surface area contributed by atoms with Crippen molar-refractivity contribution in [2.24, 2.45) is 0 Å². The summed E-state index contributed by atoms with van der Waals surface area (Å²) in [4.78, 5) is 12.3. The molecule has 1 aromatic heterocycles. The first-order valence-electron chi connectivity index (χ1n) is 6.94. The molecular formula is C17H13BrClN3O. The molecule has 3 rings (SSSR count). The number of hydrogen-bond acceptors (Lipinski definition) is 2. The summed E-state index contributed by atoms with van der Waals surface area (Å²) in [7, 11) is 0. The average Bonchev–Trinajstić information content (AvgIpc) is 3.04. The van der Waals surface area contributed by atoms with Crippen LogP contribution in [0.2, 0.25) is 5.02 Å². The number of hydrogen-bond donors (Lipinski definition) is 1. The van der Waals surface area contributed by atoms with Gasteiger partial charge in [-0.2, -0.15) is 5.10 Å². The van der Waals surface area contributed by atoms with Gasteiger partial charge in [-0.25, -0.2) is 0 Å². The van der Waals surface area contributed by atoms with E-state index < -0.39 is 0 Å². The van der Waals surface area contributed by atoms with Crippen LogP contribution in [-0.4, -0.2) is 15.7 Å². The van der Waals surface area contributed by atoms with Crippen LogP contribution in [0.4, 0.5) is 5.69 Å². The molecule has 0 radical (unpaired) electrons. The van der Waals surface area contributed by atoms with Crippen LogP contribution in [0.3, 0.4) is 0 Å². The Bertz CT molecular complexity index is 816. The summed E-state index contributed by atoms with van der Waals surface area (Å²) in [6.45, 7) is 0.696. The fourth-order valence-electron chi connectivity index (χ4n) is 2.14. The predicted octanol–water partition coefficient (Wildman–Crippen LogP) is 4.60. The second-order valence-electron chi connectivity index (χ2n) is 4.98. The smallest absolute Gasteiger partial charge is 0.256 e. The Morgan fingerprint density at radius 3 is 2.70 bits per heavy atom. The van der Waals surface area contributed by atoms with Crippen LogP contribution in [-0.2, 0) is 6.54 Å². The number of anilines is 1. The van der Waals surface area contributed by atoms with Gasteiger partial charge in [0.25, 0.3) is 5.91 Å². The van der Waals surface area contributed by atoms with E-state index in [2.05, 4.69) is 26.3 Å². The number of benzene rings is 2. The van der Waals surface area contributed by atoms with Gasteiger partial charge in [-0.3, -0.25) is 9.48 Å². The Morgan fingerprint density at radius 2 is 2.00 bits per heavy atom. The van der Waals surface area contributed by atoms with Gasteiger partial charge >= 0.3 is 0 Å². The molecule has 2 aromatic carbocycles. The maximum atomic E-state index is 12.3. The van der Waals surface area contributed by atoms with Crippen molar-refractivity contribution in [2.45, 2.75) is 6.54 Å². The minimum atomic E-state index is -0.209. The highest BCUT2D eigenvalue weighted by molar-refractivity contribution is 9.10. The molecular weight excluding hydrogens is 378 g/mol. The lowest BCUT2D eigenvalue weighted by molar-refractivity contribution is 0.102. The molecule has 0 atom stereocenters. The van der Waals surface area contributed by atoms with Gasteiger partial charge in [0.05, 0.1) is 12.1 Å². The van der Waals surface area contributed by atoms with Crippen LogP contribution in [0.15, 0.2) is 65.4 Å². The Morgan fingerprint density at radius 1 is 1.22 bits per heavy atom. The fourth-order valence-corrected chi connectivity index (χ4v) is 2.74. The lowest BCUT2D eigenvalue weighted by Crippen LogP contribution is -2.12. The van der Waals surface area contributed by atoms with Crippen molar-refractivity contribution in [3.8, 4) is 0 Å². The first-order chi connectivity index (χ1) is 11.1. The zero-order chi connectivity index (χ0) is 16.2. The quantitative estimate of drug-likeness (QED) is 0.708. The Labute approximate surface area is 147 Å². The van der Waals surface area contributed by atoms with Crippen LogP contribution < -0.4 is 5.32 Å². The third-order valence-corrected chi connectivity index (χ3v) is 4.22. The van der Waals surface area contributed by atoms with Crippen molar-refractivity contribution in [2.75, 3.05) is 5.32 Å². The van der Waals surface area contributed by atoms with E-state index in [1.165, 1.54) is 0 Å². The van der Waals surface area contributed by atoms with E-state index in [0.717, 1.165) is 11.3 Å². The molecule has 0 saturated heterocycles. The lowest BCUT2D eigenvalue weighted by Gasteiger charge is -2.08. The number of carbonyl (C=O) groups excluding carboxylic acids is 1. The number of carbonyl (C=O) groups is 1. The number of nitrogens with zero attached hydrogens (tertiary/aromatic N) is 2. The fraction of sp³-hybridized carbons (Fsp3) is 0.0588. The summed E-state index contributed by atoms with van der Waals surface area (Å²) < 4.78 is 2.55. The molecule has 0 spiro atoms. The van der Waals surface area contributed by atoms with E-state index >= 15 is 0 Å². The lowest BCUT2D eigenvalue weighted by atomic mass is 10.2. The molecule has 23 heavy (non-hydrogen) atoms. The van der Waals surface area contributed by atoms with Gasteiger partial charge < -0.3 is 5.32 Å². The van der Waals surface area contributed by atoms with Crippen molar-refractivity contribution in [1.29, 1.82) is 0 Å². The summed E-state index contributed by atoms with van der Waals surface area (Å²) in [5, 5.41) is 7.55. The van der Waals surface area contributed by atoms with Gasteiger partial charge in [-0.05, 0) is 57.9 Å². The van der Waals surface area contributed by atoms with Gasteiger partial charge in [-0.1, -0.05) is 23.7 Å². The average molecular weight is 391 g/mol. The molecule has 0 bridgehead atoms. The van der Waals surface area contributed by atoms with Gasteiger partial charge in [0.2, 0.25) is 0 Å². The Hall–Kier alpha value is -2.11. The van der Waals surface area contributed by atoms with Gasteiger partial charge in [-0.15, -0.1) is 0 Å². The molecule has 0 fully saturated rings. The molecule has 116 valence electrons. The topological polar surface area (TPSA) is 46.9 Å². The second kappa shape index (κ2) is 6.98. The van der Waals surface area contributed by atoms with E-state index in [9.17, 15) is 4.79 Å². The van der Waals surface area contributed by atoms with Crippen LogP contribution in [0.25, 0.3) is 0 Å². The summed E-state index contributed by atoms with van der Waals surface area (Å²) in [6, 6.07) is 14.7. The van der Waals surface area contributed by atoms with E-state index in [-0.39, 0.29) is 5.91 Å². The number of halogens is 2. The maximum absolute atomic E-state index is 12.3. The molecule has 1 heterocycles. The molecule has 0 aliphatic heterocycles. The SMILES string of the molecule is O=C(Nc1ccc(Cn2cccn2)cc1)c1cc(Cl)ccc1Br. The Balaban J connectivity index is 1.70. The molecule has 1 N–H and O–H groups in total. The zero-order valence-electron chi connectivity index (χ0n) is 12.0. The van der Waals surface area contributed by atoms with E-state index in [0.29, 0.717) is 21.6 Å². The summed E-state index contributed by atoms with van der Waals surface area (Å²) >= 11 is 9.30. The van der Waals surface area contributed by atoms with E-state index in [4.69, 9.17) is 11.6 Å². The molecule has 4 nitrogen and oxygen atoms in total. The van der Waals surface area contributed by atoms with Crippen LogP contribution >= 0.6 is 27.5 Å². The third kappa shape index (κ3) is 4.00. The number of nitrogens with one attached hydrogen (secondary N) is 1. The molecule has 0 aliphatic rings. The van der Waals surface area contributed by atoms with Crippen molar-refractivity contribution >= 4 is 39.1 Å². The molecule has 3 aromatic rings. The van der Waals surface area contributed by atoms with Crippen molar-refractivity contribution < 1.29 is 4.79 Å². The van der Waals surface area contributed by atoms with Crippen molar-refractivity contribution in [3.63, 3.8) is 0 Å². The number of aromatic nitrogens is 2. The van der Waals surface area contributed by atoms with E-state index in [1.54, 1.807) is 24.4 Å². The monoisotopic (exact) mass is 389 g/mol. The highest BCUT2D eigenvalue weighted by Gasteiger charge is 2.11. The van der Waals surface area contributed by atoms with Crippen LogP contribution in [0, 0.1) is 0 Å². The van der Waals surface area contributed by atoms with Crippen molar-refractivity contribution in [3.05, 3.63) is 81.5 Å². The first-order valence-corrected chi connectivity index (χ1v) is 8.12. The van der Waals surface area contributed by atoms with Gasteiger partial charge in [0, 0.05) is 27.6 Å². The van der Waals surface area contributed by atoms with E-state index in [1.807, 2.05) is 41.2 Å². The minimum Gasteiger partial charge on any atom is -0.322 e. The predicted molar refractivity (Wildman–Crippen MR) is 94.9 cm³/mol. The molecule has 6 heteroatoms. The normalized spacial score (nSPS) is 10.5. The zero-order valence-corrected chi connectivity index (χ0v) is 14.4. The van der Waals surface area contributed by atoms with Crippen LogP contribution in [0.1, 0.15) is 15.9 Å². The summed E-state index contributed by atoms with van der Waals surface area (Å²) in [5.41, 5.74) is 2.33. The first kappa shape index (κ1) is 15.8. The highest BCUT2D eigenvalue weighted by atomic mass is 79.9. The van der Waals surface area contributed by atoms with Gasteiger partial charge in [0.1, 0.15) is 0 Å². The maximum Gasteiger partial charge on any atom is 0.256 e. The van der Waals surface area contributed by atoms with Crippen molar-refractivity contribution in [1.82, 2.24) is 9.78 Å². The second-order valence-corrected chi connectivity index (χ2v) is 6.27. The molecule has 0 aliphatic carbocycles.